The number of sulfonamides is 1. The van der Waals surface area contributed by atoms with Gasteiger partial charge in [0.15, 0.2) is 0 Å². The fourth-order valence-electron chi connectivity index (χ4n) is 4.94. The standard InChI is InChI=1S/C35H37BrClN3O5S/c1-3-4-21-38-35(42)32(22-26-11-7-5-8-12-26)39(24-27-15-17-28(36)18-16-27)34(41)25-40(31-23-29(37)19-20-33(31)45-2)46(43,44)30-13-9-6-10-14-30/h5-20,23,32H,3-4,21-22,24-25H2,1-2H3,(H,38,42)/t32-/m0/s1. The number of anilines is 1. The molecule has 0 aliphatic rings. The van der Waals surface area contributed by atoms with Crippen molar-refractivity contribution >= 4 is 55.1 Å². The molecular formula is C35H37BrClN3O5S. The van der Waals surface area contributed by atoms with E-state index in [1.54, 1.807) is 30.3 Å². The first kappa shape index (κ1) is 35.0. The smallest absolute Gasteiger partial charge is 0.264 e. The maximum absolute atomic E-state index is 14.6. The van der Waals surface area contributed by atoms with Gasteiger partial charge in [0.05, 0.1) is 17.7 Å². The summed E-state index contributed by atoms with van der Waals surface area (Å²) in [6.45, 7) is 1.94. The zero-order valence-corrected chi connectivity index (χ0v) is 28.9. The largest absolute Gasteiger partial charge is 0.495 e. The molecule has 0 aliphatic heterocycles. The molecule has 0 unspecified atom stereocenters. The van der Waals surface area contributed by atoms with Crippen LogP contribution in [-0.2, 0) is 32.6 Å². The molecule has 0 saturated carbocycles. The summed E-state index contributed by atoms with van der Waals surface area (Å²) in [7, 11) is -2.88. The predicted molar refractivity (Wildman–Crippen MR) is 186 cm³/mol. The second-order valence-electron chi connectivity index (χ2n) is 10.6. The Morgan fingerprint density at radius 3 is 2.20 bits per heavy atom. The van der Waals surface area contributed by atoms with Gasteiger partial charge in [0.25, 0.3) is 10.0 Å². The molecule has 0 fully saturated rings. The number of carbonyl (C=O) groups excluding carboxylic acids is 2. The van der Waals surface area contributed by atoms with Crippen molar-refractivity contribution in [2.45, 2.75) is 43.7 Å². The molecule has 1 atom stereocenters. The molecule has 0 heterocycles. The van der Waals surface area contributed by atoms with Crippen LogP contribution in [0.25, 0.3) is 0 Å². The van der Waals surface area contributed by atoms with Crippen LogP contribution < -0.4 is 14.4 Å². The van der Waals surface area contributed by atoms with E-state index in [9.17, 15) is 18.0 Å². The highest BCUT2D eigenvalue weighted by molar-refractivity contribution is 9.10. The summed E-state index contributed by atoms with van der Waals surface area (Å²) in [5.74, 6) is -0.675. The Morgan fingerprint density at radius 1 is 0.913 bits per heavy atom. The zero-order valence-electron chi connectivity index (χ0n) is 25.7. The molecule has 0 saturated heterocycles. The average Bonchev–Trinajstić information content (AvgIpc) is 3.06. The monoisotopic (exact) mass is 725 g/mol. The van der Waals surface area contributed by atoms with Crippen LogP contribution in [0.5, 0.6) is 5.75 Å². The summed E-state index contributed by atoms with van der Waals surface area (Å²) < 4.78 is 35.8. The molecule has 242 valence electrons. The van der Waals surface area contributed by atoms with Gasteiger partial charge in [-0.2, -0.15) is 0 Å². The van der Waals surface area contributed by atoms with Crippen LogP contribution in [0.2, 0.25) is 5.02 Å². The number of halogens is 2. The fraction of sp³-hybridized carbons (Fsp3) is 0.257. The first-order valence-corrected chi connectivity index (χ1v) is 17.5. The van der Waals surface area contributed by atoms with Crippen molar-refractivity contribution < 1.29 is 22.7 Å². The Bertz CT molecular complexity index is 1710. The van der Waals surface area contributed by atoms with Gasteiger partial charge >= 0.3 is 0 Å². The number of nitrogens with zero attached hydrogens (tertiary/aromatic N) is 2. The Morgan fingerprint density at radius 2 is 1.57 bits per heavy atom. The maximum atomic E-state index is 14.6. The summed E-state index contributed by atoms with van der Waals surface area (Å²) >= 11 is 9.80. The number of carbonyl (C=O) groups is 2. The Kier molecular flexibility index (Phi) is 12.7. The van der Waals surface area contributed by atoms with Crippen LogP contribution in [-0.4, -0.2) is 51.4 Å². The number of ether oxygens (including phenoxy) is 1. The average molecular weight is 727 g/mol. The van der Waals surface area contributed by atoms with Crippen LogP contribution in [0, 0.1) is 0 Å². The molecule has 0 aliphatic carbocycles. The SMILES string of the molecule is CCCCNC(=O)[C@H](Cc1ccccc1)N(Cc1ccc(Br)cc1)C(=O)CN(c1cc(Cl)ccc1OC)S(=O)(=O)c1ccccc1. The van der Waals surface area contributed by atoms with Crippen molar-refractivity contribution in [2.75, 3.05) is 24.5 Å². The number of hydrogen-bond acceptors (Lipinski definition) is 5. The molecule has 8 nitrogen and oxygen atoms in total. The van der Waals surface area contributed by atoms with E-state index >= 15 is 0 Å². The van der Waals surface area contributed by atoms with Crippen molar-refractivity contribution in [1.82, 2.24) is 10.2 Å². The summed E-state index contributed by atoms with van der Waals surface area (Å²) in [6, 6.07) is 28.4. The molecule has 46 heavy (non-hydrogen) atoms. The van der Waals surface area contributed by atoms with Crippen LogP contribution in [0.4, 0.5) is 5.69 Å². The minimum atomic E-state index is -4.29. The van der Waals surface area contributed by atoms with Crippen molar-refractivity contribution in [3.63, 3.8) is 0 Å². The molecular weight excluding hydrogens is 690 g/mol. The summed E-state index contributed by atoms with van der Waals surface area (Å²) in [4.78, 5) is 29.9. The van der Waals surface area contributed by atoms with Crippen LogP contribution in [0.3, 0.4) is 0 Å². The predicted octanol–water partition coefficient (Wildman–Crippen LogP) is 6.86. The van der Waals surface area contributed by atoms with Crippen molar-refractivity contribution in [3.05, 3.63) is 124 Å². The highest BCUT2D eigenvalue weighted by atomic mass is 79.9. The Labute approximate surface area is 284 Å². The zero-order chi connectivity index (χ0) is 33.1. The van der Waals surface area contributed by atoms with E-state index in [1.165, 1.54) is 30.2 Å². The van der Waals surface area contributed by atoms with Crippen molar-refractivity contribution in [1.29, 1.82) is 0 Å². The van der Waals surface area contributed by atoms with E-state index in [2.05, 4.69) is 21.2 Å². The second-order valence-corrected chi connectivity index (χ2v) is 13.9. The molecule has 0 spiro atoms. The lowest BCUT2D eigenvalue weighted by molar-refractivity contribution is -0.140. The van der Waals surface area contributed by atoms with Gasteiger partial charge in [-0.3, -0.25) is 13.9 Å². The number of nitrogens with one attached hydrogen (secondary N) is 1. The van der Waals surface area contributed by atoms with E-state index in [0.29, 0.717) is 6.54 Å². The number of methoxy groups -OCH3 is 1. The third kappa shape index (κ3) is 9.11. The highest BCUT2D eigenvalue weighted by Crippen LogP contribution is 2.35. The molecule has 11 heteroatoms. The van der Waals surface area contributed by atoms with E-state index in [4.69, 9.17) is 16.3 Å². The molecule has 4 rings (SSSR count). The van der Waals surface area contributed by atoms with Gasteiger partial charge in [0.1, 0.15) is 18.3 Å². The van der Waals surface area contributed by atoms with Gasteiger partial charge in [0, 0.05) is 29.0 Å². The lowest BCUT2D eigenvalue weighted by Crippen LogP contribution is -2.53. The van der Waals surface area contributed by atoms with Crippen LogP contribution in [0.15, 0.2) is 112 Å². The Hall–Kier alpha value is -3.86. The molecule has 1 N–H and O–H groups in total. The Balaban J connectivity index is 1.82. The van der Waals surface area contributed by atoms with Crippen molar-refractivity contribution in [3.8, 4) is 5.75 Å². The molecule has 0 aromatic heterocycles. The highest BCUT2D eigenvalue weighted by Gasteiger charge is 2.35. The second kappa shape index (κ2) is 16.6. The molecule has 0 bridgehead atoms. The number of hydrogen-bond donors (Lipinski definition) is 1. The number of amides is 2. The van der Waals surface area contributed by atoms with E-state index in [1.807, 2.05) is 61.5 Å². The number of benzene rings is 4. The van der Waals surface area contributed by atoms with Gasteiger partial charge in [-0.25, -0.2) is 8.42 Å². The van der Waals surface area contributed by atoms with Gasteiger partial charge in [-0.15, -0.1) is 0 Å². The van der Waals surface area contributed by atoms with Crippen LogP contribution in [0.1, 0.15) is 30.9 Å². The van der Waals surface area contributed by atoms with Crippen molar-refractivity contribution in [2.24, 2.45) is 0 Å². The topological polar surface area (TPSA) is 96.0 Å². The van der Waals surface area contributed by atoms with Crippen LogP contribution >= 0.6 is 27.5 Å². The van der Waals surface area contributed by atoms with Gasteiger partial charge in [0.2, 0.25) is 11.8 Å². The van der Waals surface area contributed by atoms with Gasteiger partial charge in [-0.05, 0) is 60.0 Å². The minimum Gasteiger partial charge on any atom is -0.495 e. The maximum Gasteiger partial charge on any atom is 0.264 e. The van der Waals surface area contributed by atoms with Gasteiger partial charge < -0.3 is 15.0 Å². The quantitative estimate of drug-likeness (QED) is 0.135. The first-order chi connectivity index (χ1) is 22.1. The normalized spacial score (nSPS) is 11.8. The molecule has 2 amide bonds. The third-order valence-electron chi connectivity index (χ3n) is 7.39. The first-order valence-electron chi connectivity index (χ1n) is 14.9. The summed E-state index contributed by atoms with van der Waals surface area (Å²) in [5, 5.41) is 3.26. The van der Waals surface area contributed by atoms with E-state index in [0.717, 1.165) is 32.7 Å². The van der Waals surface area contributed by atoms with E-state index < -0.39 is 28.5 Å². The molecule has 0 radical (unpaired) electrons. The summed E-state index contributed by atoms with van der Waals surface area (Å²) in [5.41, 5.74) is 1.73. The third-order valence-corrected chi connectivity index (χ3v) is 9.92. The number of rotatable bonds is 15. The van der Waals surface area contributed by atoms with E-state index in [-0.39, 0.29) is 40.2 Å². The number of unbranched alkanes of at least 4 members (excludes halogenated alkanes) is 1. The fourth-order valence-corrected chi connectivity index (χ4v) is 6.81. The summed E-state index contributed by atoms with van der Waals surface area (Å²) in [6.07, 6.45) is 1.90. The lowest BCUT2D eigenvalue weighted by atomic mass is 10.0. The lowest BCUT2D eigenvalue weighted by Gasteiger charge is -2.34. The minimum absolute atomic E-state index is 0.0116. The molecule has 4 aromatic carbocycles. The van der Waals surface area contributed by atoms with Gasteiger partial charge in [-0.1, -0.05) is 102 Å². The molecule has 4 aromatic rings.